The third-order valence-electron chi connectivity index (χ3n) is 5.13. The summed E-state index contributed by atoms with van der Waals surface area (Å²) in [7, 11) is 0. The molecule has 0 saturated heterocycles. The van der Waals surface area contributed by atoms with Crippen molar-refractivity contribution in [2.45, 2.75) is 38.0 Å². The topological polar surface area (TPSA) is 83.6 Å². The lowest BCUT2D eigenvalue weighted by Gasteiger charge is -2.27. The van der Waals surface area contributed by atoms with Crippen LogP contribution >= 0.6 is 27.7 Å². The number of nitrogens with one attached hydrogen (secondary N) is 1. The second-order valence-electron chi connectivity index (χ2n) is 7.66. The van der Waals surface area contributed by atoms with Crippen LogP contribution in [-0.4, -0.2) is 32.0 Å². The average molecular weight is 498 g/mol. The van der Waals surface area contributed by atoms with Gasteiger partial charge in [-0.25, -0.2) is 0 Å². The Morgan fingerprint density at radius 2 is 1.87 bits per heavy atom. The van der Waals surface area contributed by atoms with E-state index in [2.05, 4.69) is 37.5 Å². The highest BCUT2D eigenvalue weighted by molar-refractivity contribution is 9.10. The molecule has 8 heteroatoms. The van der Waals surface area contributed by atoms with Crippen LogP contribution in [0.1, 0.15) is 26.3 Å². The minimum atomic E-state index is -0.907. The maximum Gasteiger partial charge on any atom is 0.231 e. The van der Waals surface area contributed by atoms with E-state index in [0.717, 1.165) is 21.4 Å². The van der Waals surface area contributed by atoms with Crippen LogP contribution < -0.4 is 5.32 Å². The van der Waals surface area contributed by atoms with Crippen molar-refractivity contribution in [3.8, 4) is 17.5 Å². The van der Waals surface area contributed by atoms with E-state index in [-0.39, 0.29) is 17.6 Å². The Labute approximate surface area is 195 Å². The number of nitrogens with zero attached hydrogens (tertiary/aromatic N) is 4. The van der Waals surface area contributed by atoms with Gasteiger partial charge >= 0.3 is 0 Å². The van der Waals surface area contributed by atoms with E-state index in [9.17, 15) is 10.1 Å². The van der Waals surface area contributed by atoms with E-state index in [0.29, 0.717) is 11.7 Å². The number of hydrogen-bond acceptors (Lipinski definition) is 5. The standard InChI is InChI=1S/C23H24BrN5OS/c1-16(2)23(3,15-25)26-20(30)14-31-22-28-27-21(18-11-7-8-12-19(18)24)29(22)13-17-9-5-4-6-10-17/h4-12,16H,13-14H2,1-3H3,(H,26,30). The first-order valence-electron chi connectivity index (χ1n) is 9.91. The Kier molecular flexibility index (Phi) is 7.52. The van der Waals surface area contributed by atoms with Crippen molar-refractivity contribution in [3.05, 3.63) is 64.6 Å². The normalized spacial score (nSPS) is 12.9. The number of carbonyl (C=O) groups is 1. The van der Waals surface area contributed by atoms with E-state index in [4.69, 9.17) is 0 Å². The molecule has 0 saturated carbocycles. The van der Waals surface area contributed by atoms with Gasteiger partial charge in [0, 0.05) is 10.0 Å². The first-order chi connectivity index (χ1) is 14.8. The van der Waals surface area contributed by atoms with E-state index < -0.39 is 5.54 Å². The predicted molar refractivity (Wildman–Crippen MR) is 126 cm³/mol. The van der Waals surface area contributed by atoms with E-state index in [1.165, 1.54) is 11.8 Å². The molecule has 1 N–H and O–H groups in total. The number of halogens is 1. The van der Waals surface area contributed by atoms with Gasteiger partial charge in [0.2, 0.25) is 5.91 Å². The highest BCUT2D eigenvalue weighted by atomic mass is 79.9. The Morgan fingerprint density at radius 3 is 2.52 bits per heavy atom. The number of aromatic nitrogens is 3. The van der Waals surface area contributed by atoms with Gasteiger partial charge in [-0.1, -0.05) is 90.1 Å². The lowest BCUT2D eigenvalue weighted by atomic mass is 9.90. The molecule has 0 fully saturated rings. The van der Waals surface area contributed by atoms with Crippen LogP contribution in [0.5, 0.6) is 0 Å². The van der Waals surface area contributed by atoms with Gasteiger partial charge in [-0.3, -0.25) is 9.36 Å². The molecule has 0 aliphatic carbocycles. The Morgan fingerprint density at radius 1 is 1.19 bits per heavy atom. The molecule has 3 rings (SSSR count). The molecule has 0 aliphatic heterocycles. The van der Waals surface area contributed by atoms with Crippen LogP contribution in [0.15, 0.2) is 64.2 Å². The number of benzene rings is 2. The molecule has 0 spiro atoms. The fourth-order valence-corrected chi connectivity index (χ4v) is 4.10. The van der Waals surface area contributed by atoms with Crippen LogP contribution in [-0.2, 0) is 11.3 Å². The van der Waals surface area contributed by atoms with Crippen molar-refractivity contribution < 1.29 is 4.79 Å². The summed E-state index contributed by atoms with van der Waals surface area (Å²) >= 11 is 4.91. The minimum Gasteiger partial charge on any atom is -0.337 e. The van der Waals surface area contributed by atoms with Gasteiger partial charge in [0.25, 0.3) is 0 Å². The van der Waals surface area contributed by atoms with Crippen LogP contribution in [0.4, 0.5) is 0 Å². The Balaban J connectivity index is 1.86. The maximum atomic E-state index is 12.5. The second-order valence-corrected chi connectivity index (χ2v) is 9.46. The fraction of sp³-hybridized carbons (Fsp3) is 0.304. The molecular formula is C23H24BrN5OS. The molecule has 1 heterocycles. The first-order valence-corrected chi connectivity index (χ1v) is 11.7. The van der Waals surface area contributed by atoms with Gasteiger partial charge < -0.3 is 5.32 Å². The smallest absolute Gasteiger partial charge is 0.231 e. The van der Waals surface area contributed by atoms with Crippen molar-refractivity contribution >= 4 is 33.6 Å². The van der Waals surface area contributed by atoms with Gasteiger partial charge in [0.05, 0.1) is 18.4 Å². The monoisotopic (exact) mass is 497 g/mol. The Hall–Kier alpha value is -2.63. The van der Waals surface area contributed by atoms with Gasteiger partial charge in [0.15, 0.2) is 11.0 Å². The molecule has 6 nitrogen and oxygen atoms in total. The molecule has 0 radical (unpaired) electrons. The van der Waals surface area contributed by atoms with E-state index >= 15 is 0 Å². The van der Waals surface area contributed by atoms with Crippen molar-refractivity contribution in [1.29, 1.82) is 5.26 Å². The molecule has 0 aliphatic rings. The molecule has 1 aromatic heterocycles. The number of nitriles is 1. The Bertz CT molecular complexity index is 1090. The van der Waals surface area contributed by atoms with Crippen LogP contribution in [0, 0.1) is 17.2 Å². The van der Waals surface area contributed by atoms with Crippen molar-refractivity contribution in [2.24, 2.45) is 5.92 Å². The number of thioether (sulfide) groups is 1. The third kappa shape index (κ3) is 5.54. The summed E-state index contributed by atoms with van der Waals surface area (Å²) < 4.78 is 2.94. The lowest BCUT2D eigenvalue weighted by molar-refractivity contribution is -0.120. The van der Waals surface area contributed by atoms with Crippen LogP contribution in [0.2, 0.25) is 0 Å². The van der Waals surface area contributed by atoms with E-state index in [1.54, 1.807) is 6.92 Å². The lowest BCUT2D eigenvalue weighted by Crippen LogP contribution is -2.49. The summed E-state index contributed by atoms with van der Waals surface area (Å²) in [6.45, 7) is 6.15. The summed E-state index contributed by atoms with van der Waals surface area (Å²) in [6, 6.07) is 20.1. The molecule has 31 heavy (non-hydrogen) atoms. The average Bonchev–Trinajstić information content (AvgIpc) is 3.15. The van der Waals surface area contributed by atoms with Crippen molar-refractivity contribution in [2.75, 3.05) is 5.75 Å². The fourth-order valence-electron chi connectivity index (χ4n) is 2.90. The molecule has 3 aromatic rings. The molecule has 1 atom stereocenters. The number of hydrogen-bond donors (Lipinski definition) is 1. The molecule has 0 bridgehead atoms. The molecule has 1 amide bonds. The largest absolute Gasteiger partial charge is 0.337 e. The third-order valence-corrected chi connectivity index (χ3v) is 6.79. The van der Waals surface area contributed by atoms with Gasteiger partial charge in [0.1, 0.15) is 5.54 Å². The highest BCUT2D eigenvalue weighted by Gasteiger charge is 2.30. The zero-order chi connectivity index (χ0) is 22.4. The zero-order valence-corrected chi connectivity index (χ0v) is 20.1. The summed E-state index contributed by atoms with van der Waals surface area (Å²) in [6.07, 6.45) is 0. The predicted octanol–water partition coefficient (Wildman–Crippen LogP) is 4.90. The van der Waals surface area contributed by atoms with Crippen molar-refractivity contribution in [1.82, 2.24) is 20.1 Å². The first kappa shape index (κ1) is 23.0. The van der Waals surface area contributed by atoms with Gasteiger partial charge in [-0.15, -0.1) is 10.2 Å². The quantitative estimate of drug-likeness (QED) is 0.447. The SMILES string of the molecule is CC(C)C(C)(C#N)NC(=O)CSc1nnc(-c2ccccc2Br)n1Cc1ccccc1. The van der Waals surface area contributed by atoms with Gasteiger partial charge in [-0.2, -0.15) is 5.26 Å². The highest BCUT2D eigenvalue weighted by Crippen LogP contribution is 2.30. The molecular weight excluding hydrogens is 474 g/mol. The zero-order valence-electron chi connectivity index (χ0n) is 17.7. The van der Waals surface area contributed by atoms with Gasteiger partial charge in [-0.05, 0) is 24.5 Å². The van der Waals surface area contributed by atoms with Crippen LogP contribution in [0.3, 0.4) is 0 Å². The summed E-state index contributed by atoms with van der Waals surface area (Å²) in [5, 5.41) is 21.7. The summed E-state index contributed by atoms with van der Waals surface area (Å²) in [4.78, 5) is 12.5. The maximum absolute atomic E-state index is 12.5. The minimum absolute atomic E-state index is 0.00443. The summed E-state index contributed by atoms with van der Waals surface area (Å²) in [5.41, 5.74) is 1.13. The van der Waals surface area contributed by atoms with Crippen LogP contribution in [0.25, 0.3) is 11.4 Å². The van der Waals surface area contributed by atoms with Crippen molar-refractivity contribution in [3.63, 3.8) is 0 Å². The molecule has 160 valence electrons. The molecule has 1 unspecified atom stereocenters. The number of amides is 1. The second kappa shape index (κ2) is 10.1. The number of rotatable bonds is 8. The number of carbonyl (C=O) groups excluding carboxylic acids is 1. The molecule has 2 aromatic carbocycles. The summed E-state index contributed by atoms with van der Waals surface area (Å²) in [5.74, 6) is 0.658. The van der Waals surface area contributed by atoms with E-state index in [1.807, 2.05) is 73.0 Å².